The van der Waals surface area contributed by atoms with Gasteiger partial charge in [0.2, 0.25) is 5.91 Å². The van der Waals surface area contributed by atoms with Crippen LogP contribution in [0.4, 0.5) is 5.69 Å². The van der Waals surface area contributed by atoms with Gasteiger partial charge in [-0.2, -0.15) is 0 Å². The standard InChI is InChI=1S/C22H18N4O4/c1-14(27)23-17-10-6-5-9-16(17)13-30-22(29)19-11-20-24-18(12-21(28)26(20)25-19)15-7-3-2-4-8-15/h2-12,25H,13H2,1H3,(H,23,27). The highest BCUT2D eigenvalue weighted by Crippen LogP contribution is 2.18. The van der Waals surface area contributed by atoms with Gasteiger partial charge < -0.3 is 10.1 Å². The third-order valence-corrected chi connectivity index (χ3v) is 4.43. The van der Waals surface area contributed by atoms with Crippen molar-refractivity contribution in [2.24, 2.45) is 0 Å². The first-order chi connectivity index (χ1) is 14.5. The number of para-hydroxylation sites is 1. The van der Waals surface area contributed by atoms with Crippen molar-refractivity contribution < 1.29 is 14.3 Å². The molecule has 4 aromatic rings. The highest BCUT2D eigenvalue weighted by Gasteiger charge is 2.15. The van der Waals surface area contributed by atoms with E-state index in [2.05, 4.69) is 15.4 Å². The van der Waals surface area contributed by atoms with Gasteiger partial charge in [0.15, 0.2) is 5.65 Å². The van der Waals surface area contributed by atoms with Crippen molar-refractivity contribution in [3.63, 3.8) is 0 Å². The van der Waals surface area contributed by atoms with Crippen molar-refractivity contribution in [3.05, 3.63) is 88.3 Å². The number of nitrogens with one attached hydrogen (secondary N) is 2. The summed E-state index contributed by atoms with van der Waals surface area (Å²) in [5, 5.41) is 5.42. The number of hydrogen-bond acceptors (Lipinski definition) is 5. The predicted molar refractivity (Wildman–Crippen MR) is 111 cm³/mol. The van der Waals surface area contributed by atoms with E-state index >= 15 is 0 Å². The summed E-state index contributed by atoms with van der Waals surface area (Å²) in [5.41, 5.74) is 2.61. The van der Waals surface area contributed by atoms with E-state index in [0.717, 1.165) is 5.56 Å². The van der Waals surface area contributed by atoms with E-state index in [1.165, 1.54) is 23.6 Å². The molecule has 0 bridgehead atoms. The maximum absolute atomic E-state index is 12.5. The van der Waals surface area contributed by atoms with Crippen molar-refractivity contribution in [2.75, 3.05) is 5.32 Å². The van der Waals surface area contributed by atoms with E-state index in [9.17, 15) is 14.4 Å². The quantitative estimate of drug-likeness (QED) is 0.499. The lowest BCUT2D eigenvalue weighted by atomic mass is 10.1. The van der Waals surface area contributed by atoms with Crippen LogP contribution in [0.25, 0.3) is 16.9 Å². The van der Waals surface area contributed by atoms with Gasteiger partial charge in [0.1, 0.15) is 12.3 Å². The molecule has 0 aliphatic rings. The highest BCUT2D eigenvalue weighted by molar-refractivity contribution is 5.90. The molecule has 4 rings (SSSR count). The molecular formula is C22H18N4O4. The average molecular weight is 402 g/mol. The zero-order valence-electron chi connectivity index (χ0n) is 16.1. The van der Waals surface area contributed by atoms with E-state index in [0.29, 0.717) is 22.6 Å². The Morgan fingerprint density at radius 2 is 1.80 bits per heavy atom. The summed E-state index contributed by atoms with van der Waals surface area (Å²) in [6, 6.07) is 19.2. The predicted octanol–water partition coefficient (Wildman–Crippen LogP) is 3.01. The summed E-state index contributed by atoms with van der Waals surface area (Å²) in [5.74, 6) is -0.858. The first kappa shape index (κ1) is 19.1. The Bertz CT molecular complexity index is 1290. The number of aromatic amines is 1. The van der Waals surface area contributed by atoms with Crippen LogP contribution in [0.1, 0.15) is 23.0 Å². The minimum absolute atomic E-state index is 0.0394. The summed E-state index contributed by atoms with van der Waals surface area (Å²) >= 11 is 0. The van der Waals surface area contributed by atoms with Crippen molar-refractivity contribution in [3.8, 4) is 11.3 Å². The van der Waals surface area contributed by atoms with Crippen LogP contribution in [0.3, 0.4) is 0 Å². The van der Waals surface area contributed by atoms with Crippen LogP contribution in [0.5, 0.6) is 0 Å². The molecular weight excluding hydrogens is 384 g/mol. The number of H-pyrrole nitrogens is 1. The molecule has 0 fully saturated rings. The van der Waals surface area contributed by atoms with Crippen LogP contribution < -0.4 is 10.9 Å². The van der Waals surface area contributed by atoms with E-state index in [-0.39, 0.29) is 23.8 Å². The SMILES string of the molecule is CC(=O)Nc1ccccc1COC(=O)c1cc2nc(-c3ccccc3)cc(=O)n2[nH]1. The molecule has 30 heavy (non-hydrogen) atoms. The molecule has 150 valence electrons. The molecule has 0 unspecified atom stereocenters. The Labute approximate surface area is 171 Å². The molecule has 0 saturated heterocycles. The van der Waals surface area contributed by atoms with Gasteiger partial charge in [-0.3, -0.25) is 14.7 Å². The van der Waals surface area contributed by atoms with Crippen molar-refractivity contribution >= 4 is 23.2 Å². The average Bonchev–Trinajstić information content (AvgIpc) is 3.18. The fraction of sp³-hybridized carbons (Fsp3) is 0.0909. The minimum Gasteiger partial charge on any atom is -0.456 e. The minimum atomic E-state index is -0.640. The normalized spacial score (nSPS) is 10.7. The number of aromatic nitrogens is 3. The van der Waals surface area contributed by atoms with Crippen molar-refractivity contribution in [1.29, 1.82) is 0 Å². The van der Waals surface area contributed by atoms with Crippen molar-refractivity contribution in [1.82, 2.24) is 14.6 Å². The topological polar surface area (TPSA) is 106 Å². The van der Waals surface area contributed by atoms with Crippen LogP contribution in [-0.4, -0.2) is 26.5 Å². The second kappa shape index (κ2) is 8.04. The molecule has 2 N–H and O–H groups in total. The number of benzene rings is 2. The van der Waals surface area contributed by atoms with Gasteiger partial charge in [0.05, 0.1) is 5.69 Å². The summed E-state index contributed by atoms with van der Waals surface area (Å²) in [4.78, 5) is 40.7. The smallest absolute Gasteiger partial charge is 0.356 e. The number of fused-ring (bicyclic) bond motifs is 1. The van der Waals surface area contributed by atoms with Gasteiger partial charge in [0.25, 0.3) is 5.56 Å². The second-order valence-corrected chi connectivity index (χ2v) is 6.62. The molecule has 8 heteroatoms. The van der Waals surface area contributed by atoms with Crippen LogP contribution >= 0.6 is 0 Å². The van der Waals surface area contributed by atoms with Gasteiger partial charge in [0, 0.05) is 35.9 Å². The summed E-state index contributed by atoms with van der Waals surface area (Å²) in [7, 11) is 0. The van der Waals surface area contributed by atoms with Gasteiger partial charge >= 0.3 is 5.97 Å². The Morgan fingerprint density at radius 3 is 2.57 bits per heavy atom. The molecule has 0 atom stereocenters. The first-order valence-electron chi connectivity index (χ1n) is 9.22. The molecule has 8 nitrogen and oxygen atoms in total. The van der Waals surface area contributed by atoms with Crippen LogP contribution in [-0.2, 0) is 16.1 Å². The van der Waals surface area contributed by atoms with E-state index in [4.69, 9.17) is 4.74 Å². The molecule has 2 heterocycles. The number of ether oxygens (including phenoxy) is 1. The Morgan fingerprint density at radius 1 is 1.07 bits per heavy atom. The molecule has 0 spiro atoms. The summed E-state index contributed by atoms with van der Waals surface area (Å²) < 4.78 is 6.54. The maximum Gasteiger partial charge on any atom is 0.356 e. The molecule has 1 amide bonds. The number of hydrogen-bond donors (Lipinski definition) is 2. The molecule has 0 saturated carbocycles. The fourth-order valence-corrected chi connectivity index (χ4v) is 3.03. The Hall–Kier alpha value is -4.20. The number of anilines is 1. The fourth-order valence-electron chi connectivity index (χ4n) is 3.03. The molecule has 0 radical (unpaired) electrons. The maximum atomic E-state index is 12.5. The number of nitrogens with zero attached hydrogens (tertiary/aromatic N) is 2. The number of esters is 1. The Balaban J connectivity index is 1.57. The second-order valence-electron chi connectivity index (χ2n) is 6.62. The van der Waals surface area contributed by atoms with Gasteiger partial charge in [-0.05, 0) is 6.07 Å². The number of carbonyl (C=O) groups is 2. The third kappa shape index (κ3) is 3.97. The number of rotatable bonds is 5. The lowest BCUT2D eigenvalue weighted by Crippen LogP contribution is -2.15. The van der Waals surface area contributed by atoms with Crippen LogP contribution in [0, 0.1) is 0 Å². The molecule has 2 aromatic carbocycles. The third-order valence-electron chi connectivity index (χ3n) is 4.43. The highest BCUT2D eigenvalue weighted by atomic mass is 16.5. The lowest BCUT2D eigenvalue weighted by molar-refractivity contribution is -0.114. The first-order valence-corrected chi connectivity index (χ1v) is 9.22. The molecule has 0 aliphatic heterocycles. The lowest BCUT2D eigenvalue weighted by Gasteiger charge is -2.09. The van der Waals surface area contributed by atoms with Gasteiger partial charge in [-0.25, -0.2) is 14.3 Å². The molecule has 0 aliphatic carbocycles. The van der Waals surface area contributed by atoms with Crippen LogP contribution in [0.15, 0.2) is 71.5 Å². The summed E-state index contributed by atoms with van der Waals surface area (Å²) in [6.07, 6.45) is 0. The zero-order chi connectivity index (χ0) is 21.1. The monoisotopic (exact) mass is 402 g/mol. The number of amides is 1. The summed E-state index contributed by atoms with van der Waals surface area (Å²) in [6.45, 7) is 1.37. The van der Waals surface area contributed by atoms with E-state index in [1.807, 2.05) is 30.3 Å². The Kier molecular flexibility index (Phi) is 5.13. The van der Waals surface area contributed by atoms with Gasteiger partial charge in [-0.15, -0.1) is 0 Å². The van der Waals surface area contributed by atoms with E-state index < -0.39 is 5.97 Å². The molecule has 2 aromatic heterocycles. The largest absolute Gasteiger partial charge is 0.456 e. The number of carbonyl (C=O) groups excluding carboxylic acids is 2. The van der Waals surface area contributed by atoms with E-state index in [1.54, 1.807) is 24.3 Å². The van der Waals surface area contributed by atoms with Crippen molar-refractivity contribution in [2.45, 2.75) is 13.5 Å². The van der Waals surface area contributed by atoms with Crippen LogP contribution in [0.2, 0.25) is 0 Å². The zero-order valence-corrected chi connectivity index (χ0v) is 16.1. The van der Waals surface area contributed by atoms with Gasteiger partial charge in [-0.1, -0.05) is 48.5 Å².